The van der Waals surface area contributed by atoms with Crippen molar-refractivity contribution in [3.8, 4) is 5.75 Å². The maximum Gasteiger partial charge on any atom is 0.307 e. The molecule has 1 aliphatic heterocycles. The van der Waals surface area contributed by atoms with Crippen molar-refractivity contribution in [1.29, 1.82) is 0 Å². The smallest absolute Gasteiger partial charge is 0.307 e. The first-order valence-electron chi connectivity index (χ1n) is 7.22. The van der Waals surface area contributed by atoms with Crippen LogP contribution in [0.15, 0.2) is 18.2 Å². The molecule has 0 bridgehead atoms. The van der Waals surface area contributed by atoms with Crippen LogP contribution in [0.25, 0.3) is 0 Å². The molecule has 1 aliphatic carbocycles. The monoisotopic (exact) mass is 260 g/mol. The number of hydrogen-bond donors (Lipinski definition) is 1. The molecular weight excluding hydrogens is 240 g/mol. The summed E-state index contributed by atoms with van der Waals surface area (Å²) in [6, 6.07) is 5.86. The number of aryl methyl sites for hydroxylation is 1. The summed E-state index contributed by atoms with van der Waals surface area (Å²) in [5.41, 5.74) is 2.06. The molecule has 1 heterocycles. The van der Waals surface area contributed by atoms with Gasteiger partial charge in [-0.1, -0.05) is 25.0 Å². The number of benzene rings is 1. The zero-order valence-electron chi connectivity index (χ0n) is 11.1. The van der Waals surface area contributed by atoms with Crippen molar-refractivity contribution in [2.75, 3.05) is 0 Å². The van der Waals surface area contributed by atoms with Gasteiger partial charge in [0.1, 0.15) is 11.9 Å². The molecule has 3 nitrogen and oxygen atoms in total. The van der Waals surface area contributed by atoms with Crippen LogP contribution in [0.2, 0.25) is 0 Å². The first-order valence-corrected chi connectivity index (χ1v) is 7.22. The van der Waals surface area contributed by atoms with Gasteiger partial charge in [-0.15, -0.1) is 0 Å². The summed E-state index contributed by atoms with van der Waals surface area (Å²) in [5.74, 6) is 0.835. The molecule has 0 spiro atoms. The molecule has 0 aromatic heterocycles. The third-order valence-corrected chi connectivity index (χ3v) is 4.39. The molecule has 1 unspecified atom stereocenters. The molecule has 0 saturated heterocycles. The molecular formula is C16H20O3. The second-order valence-electron chi connectivity index (χ2n) is 5.75. The van der Waals surface area contributed by atoms with E-state index in [9.17, 15) is 4.79 Å². The van der Waals surface area contributed by atoms with E-state index in [4.69, 9.17) is 9.84 Å². The highest BCUT2D eigenvalue weighted by Gasteiger charge is 2.29. The van der Waals surface area contributed by atoms with Crippen molar-refractivity contribution in [2.24, 2.45) is 5.92 Å². The van der Waals surface area contributed by atoms with Crippen LogP contribution in [0.1, 0.15) is 43.2 Å². The summed E-state index contributed by atoms with van der Waals surface area (Å²) in [4.78, 5) is 10.8. The van der Waals surface area contributed by atoms with Crippen LogP contribution in [0.5, 0.6) is 5.75 Å². The zero-order chi connectivity index (χ0) is 13.2. The maximum atomic E-state index is 10.8. The fourth-order valence-electron chi connectivity index (χ4n) is 3.38. The summed E-state index contributed by atoms with van der Waals surface area (Å²) in [5, 5.41) is 8.85. The first kappa shape index (κ1) is 12.5. The zero-order valence-corrected chi connectivity index (χ0v) is 11.1. The number of carboxylic acids is 1. The second kappa shape index (κ2) is 5.24. The summed E-state index contributed by atoms with van der Waals surface area (Å²) in [7, 11) is 0. The van der Waals surface area contributed by atoms with Gasteiger partial charge in [0.15, 0.2) is 0 Å². The van der Waals surface area contributed by atoms with Crippen LogP contribution in [-0.2, 0) is 17.6 Å². The molecule has 1 aromatic carbocycles. The Morgan fingerprint density at radius 1 is 1.26 bits per heavy atom. The second-order valence-corrected chi connectivity index (χ2v) is 5.75. The highest BCUT2D eigenvalue weighted by molar-refractivity contribution is 5.70. The minimum atomic E-state index is -0.789. The number of fused-ring (bicyclic) bond motifs is 1. The average molecular weight is 260 g/mol. The lowest BCUT2D eigenvalue weighted by Gasteiger charge is -2.30. The highest BCUT2D eigenvalue weighted by atomic mass is 16.5. The van der Waals surface area contributed by atoms with Gasteiger partial charge in [-0.3, -0.25) is 4.79 Å². The minimum Gasteiger partial charge on any atom is -0.490 e. The Bertz CT molecular complexity index is 475. The van der Waals surface area contributed by atoms with Crippen molar-refractivity contribution in [1.82, 2.24) is 0 Å². The van der Waals surface area contributed by atoms with E-state index in [1.54, 1.807) is 0 Å². The first-order chi connectivity index (χ1) is 9.22. The average Bonchev–Trinajstić information content (AvgIpc) is 2.91. The van der Waals surface area contributed by atoms with Gasteiger partial charge in [-0.2, -0.15) is 0 Å². The molecule has 3 heteroatoms. The molecule has 1 fully saturated rings. The molecule has 102 valence electrons. The lowest BCUT2D eigenvalue weighted by atomic mass is 9.91. The quantitative estimate of drug-likeness (QED) is 0.907. The van der Waals surface area contributed by atoms with Crippen molar-refractivity contribution in [3.05, 3.63) is 29.3 Å². The number of carbonyl (C=O) groups is 1. The number of rotatable bonds is 3. The molecule has 1 N–H and O–H groups in total. The molecule has 2 aliphatic rings. The SMILES string of the molecule is O=C(O)Cc1ccc2c(c1)OC(C1CCCC1)CC2. The van der Waals surface area contributed by atoms with E-state index < -0.39 is 5.97 Å². The highest BCUT2D eigenvalue weighted by Crippen LogP contribution is 2.37. The van der Waals surface area contributed by atoms with Crippen LogP contribution < -0.4 is 4.74 Å². The molecule has 1 atom stereocenters. The van der Waals surface area contributed by atoms with Crippen LogP contribution in [0, 0.1) is 5.92 Å². The predicted octanol–water partition coefficient (Wildman–Crippen LogP) is 3.20. The minimum absolute atomic E-state index is 0.0741. The van der Waals surface area contributed by atoms with Crippen molar-refractivity contribution < 1.29 is 14.6 Å². The number of aliphatic carboxylic acids is 1. The third kappa shape index (κ3) is 2.75. The van der Waals surface area contributed by atoms with E-state index >= 15 is 0 Å². The summed E-state index contributed by atoms with van der Waals surface area (Å²) in [6.07, 6.45) is 7.82. The lowest BCUT2D eigenvalue weighted by Crippen LogP contribution is -2.29. The van der Waals surface area contributed by atoms with E-state index in [0.29, 0.717) is 12.0 Å². The molecule has 19 heavy (non-hydrogen) atoms. The Morgan fingerprint density at radius 3 is 2.79 bits per heavy atom. The van der Waals surface area contributed by atoms with Gasteiger partial charge >= 0.3 is 5.97 Å². The van der Waals surface area contributed by atoms with Crippen LogP contribution in [0.4, 0.5) is 0 Å². The Hall–Kier alpha value is -1.51. The van der Waals surface area contributed by atoms with E-state index in [1.165, 1.54) is 31.2 Å². The summed E-state index contributed by atoms with van der Waals surface area (Å²) < 4.78 is 6.15. The van der Waals surface area contributed by atoms with Crippen LogP contribution >= 0.6 is 0 Å². The van der Waals surface area contributed by atoms with Gasteiger partial charge in [0.05, 0.1) is 6.42 Å². The molecule has 3 rings (SSSR count). The van der Waals surface area contributed by atoms with Crippen molar-refractivity contribution in [3.63, 3.8) is 0 Å². The normalized spacial score (nSPS) is 22.8. The summed E-state index contributed by atoms with van der Waals surface area (Å²) >= 11 is 0. The Kier molecular flexibility index (Phi) is 3.45. The van der Waals surface area contributed by atoms with Crippen LogP contribution in [0.3, 0.4) is 0 Å². The predicted molar refractivity (Wildman–Crippen MR) is 72.5 cm³/mol. The standard InChI is InChI=1S/C16H20O3/c17-16(18)10-11-5-6-13-7-8-14(19-15(13)9-11)12-3-1-2-4-12/h5-6,9,12,14H,1-4,7-8,10H2,(H,17,18). The molecule has 0 amide bonds. The van der Waals surface area contributed by atoms with Gasteiger partial charge in [-0.05, 0) is 48.8 Å². The molecule has 1 aromatic rings. The number of ether oxygens (including phenoxy) is 1. The largest absolute Gasteiger partial charge is 0.490 e. The number of hydrogen-bond acceptors (Lipinski definition) is 2. The lowest BCUT2D eigenvalue weighted by molar-refractivity contribution is -0.136. The van der Waals surface area contributed by atoms with Gasteiger partial charge in [0, 0.05) is 0 Å². The fourth-order valence-corrected chi connectivity index (χ4v) is 3.38. The van der Waals surface area contributed by atoms with E-state index in [1.807, 2.05) is 18.2 Å². The maximum absolute atomic E-state index is 10.8. The molecule has 0 radical (unpaired) electrons. The van der Waals surface area contributed by atoms with Crippen molar-refractivity contribution in [2.45, 2.75) is 51.0 Å². The van der Waals surface area contributed by atoms with E-state index in [2.05, 4.69) is 0 Å². The summed E-state index contributed by atoms with van der Waals surface area (Å²) in [6.45, 7) is 0. The van der Waals surface area contributed by atoms with E-state index in [-0.39, 0.29) is 6.42 Å². The van der Waals surface area contributed by atoms with E-state index in [0.717, 1.165) is 24.2 Å². The fraction of sp³-hybridized carbons (Fsp3) is 0.562. The Morgan fingerprint density at radius 2 is 2.05 bits per heavy atom. The van der Waals surface area contributed by atoms with Gasteiger partial charge in [0.25, 0.3) is 0 Å². The Labute approximate surface area is 113 Å². The topological polar surface area (TPSA) is 46.5 Å². The van der Waals surface area contributed by atoms with Gasteiger partial charge in [0.2, 0.25) is 0 Å². The van der Waals surface area contributed by atoms with Crippen LogP contribution in [-0.4, -0.2) is 17.2 Å². The molecule has 1 saturated carbocycles. The third-order valence-electron chi connectivity index (χ3n) is 4.39. The van der Waals surface area contributed by atoms with Crippen molar-refractivity contribution >= 4 is 5.97 Å². The van der Waals surface area contributed by atoms with Gasteiger partial charge in [-0.25, -0.2) is 0 Å². The van der Waals surface area contributed by atoms with Gasteiger partial charge < -0.3 is 9.84 Å². The Balaban J connectivity index is 1.76. The number of carboxylic acid groups (broad SMARTS) is 1.